The molecule has 2 saturated carbocycles. The maximum Gasteiger partial charge on any atom is 0.146 e. The van der Waals surface area contributed by atoms with Gasteiger partial charge in [0, 0.05) is 11.8 Å². The topological polar surface area (TPSA) is 34.1 Å². The van der Waals surface area contributed by atoms with Crippen LogP contribution >= 0.6 is 0 Å². The SMILES string of the molecule is O=C1CC(=O)C2(CC2)C1. The highest BCUT2D eigenvalue weighted by Crippen LogP contribution is 2.53. The monoisotopic (exact) mass is 124 g/mol. The van der Waals surface area contributed by atoms with Gasteiger partial charge in [-0.15, -0.1) is 0 Å². The molecule has 2 nitrogen and oxygen atoms in total. The van der Waals surface area contributed by atoms with Crippen LogP contribution in [0.25, 0.3) is 0 Å². The third kappa shape index (κ3) is 0.560. The van der Waals surface area contributed by atoms with Gasteiger partial charge in [0.25, 0.3) is 0 Å². The Hall–Kier alpha value is -0.660. The minimum absolute atomic E-state index is 0.114. The number of ketones is 2. The van der Waals surface area contributed by atoms with Crippen molar-refractivity contribution in [1.29, 1.82) is 0 Å². The van der Waals surface area contributed by atoms with Gasteiger partial charge in [0.2, 0.25) is 0 Å². The molecule has 2 aliphatic carbocycles. The van der Waals surface area contributed by atoms with Gasteiger partial charge in [-0.1, -0.05) is 0 Å². The molecule has 2 heteroatoms. The van der Waals surface area contributed by atoms with Crippen LogP contribution in [-0.4, -0.2) is 11.6 Å². The summed E-state index contributed by atoms with van der Waals surface area (Å²) in [6.07, 6.45) is 2.71. The lowest BCUT2D eigenvalue weighted by Gasteiger charge is -1.95. The number of hydrogen-bond donors (Lipinski definition) is 0. The summed E-state index contributed by atoms with van der Waals surface area (Å²) >= 11 is 0. The van der Waals surface area contributed by atoms with Crippen molar-refractivity contribution in [3.63, 3.8) is 0 Å². The molecule has 2 rings (SSSR count). The molecule has 2 fully saturated rings. The van der Waals surface area contributed by atoms with Gasteiger partial charge in [-0.2, -0.15) is 0 Å². The molecule has 0 amide bonds. The largest absolute Gasteiger partial charge is 0.299 e. The standard InChI is InChI=1S/C7H8O2/c8-5-3-6(9)7(4-5)1-2-7/h1-4H2. The molecule has 1 spiro atoms. The second-order valence-electron chi connectivity index (χ2n) is 3.10. The third-order valence-electron chi connectivity index (χ3n) is 2.34. The molecule has 48 valence electrons. The lowest BCUT2D eigenvalue weighted by molar-refractivity contribution is -0.123. The molecule has 0 unspecified atom stereocenters. The fraction of sp³-hybridized carbons (Fsp3) is 0.714. The highest BCUT2D eigenvalue weighted by molar-refractivity contribution is 6.10. The molecule has 0 aromatic carbocycles. The van der Waals surface area contributed by atoms with E-state index in [9.17, 15) is 9.59 Å². The summed E-state index contributed by atoms with van der Waals surface area (Å²) in [5, 5.41) is 0. The van der Waals surface area contributed by atoms with Gasteiger partial charge >= 0.3 is 0 Å². The predicted octanol–water partition coefficient (Wildman–Crippen LogP) is 0.699. The summed E-state index contributed by atoms with van der Waals surface area (Å²) in [4.78, 5) is 21.6. The van der Waals surface area contributed by atoms with E-state index in [0.717, 1.165) is 12.8 Å². The van der Waals surface area contributed by atoms with Gasteiger partial charge in [0.05, 0.1) is 6.42 Å². The van der Waals surface area contributed by atoms with Crippen LogP contribution in [0.3, 0.4) is 0 Å². The zero-order valence-electron chi connectivity index (χ0n) is 5.14. The van der Waals surface area contributed by atoms with Crippen molar-refractivity contribution in [1.82, 2.24) is 0 Å². The van der Waals surface area contributed by atoms with E-state index < -0.39 is 0 Å². The molecule has 9 heavy (non-hydrogen) atoms. The zero-order chi connectivity index (χ0) is 6.48. The first-order chi connectivity index (χ1) is 4.23. The number of hydrogen-bond acceptors (Lipinski definition) is 2. The van der Waals surface area contributed by atoms with Crippen molar-refractivity contribution in [3.05, 3.63) is 0 Å². The molecule has 0 aromatic heterocycles. The number of Topliss-reactive ketones (excluding diaryl/α,β-unsaturated/α-hetero) is 2. The number of carbonyl (C=O) groups is 2. The van der Waals surface area contributed by atoms with Crippen molar-refractivity contribution in [2.75, 3.05) is 0 Å². The van der Waals surface area contributed by atoms with Gasteiger partial charge in [-0.3, -0.25) is 9.59 Å². The minimum atomic E-state index is -0.114. The first-order valence-corrected chi connectivity index (χ1v) is 3.28. The number of rotatable bonds is 0. The smallest absolute Gasteiger partial charge is 0.146 e. The second-order valence-corrected chi connectivity index (χ2v) is 3.10. The maximum absolute atomic E-state index is 10.9. The van der Waals surface area contributed by atoms with E-state index in [0.29, 0.717) is 6.42 Å². The van der Waals surface area contributed by atoms with Crippen molar-refractivity contribution < 1.29 is 9.59 Å². The first-order valence-electron chi connectivity index (χ1n) is 3.28. The van der Waals surface area contributed by atoms with E-state index in [1.165, 1.54) is 0 Å². The third-order valence-corrected chi connectivity index (χ3v) is 2.34. The Labute approximate surface area is 53.2 Å². The van der Waals surface area contributed by atoms with Crippen molar-refractivity contribution >= 4 is 11.6 Å². The van der Waals surface area contributed by atoms with Crippen LogP contribution in [0.4, 0.5) is 0 Å². The Balaban J connectivity index is 2.28. The fourth-order valence-electron chi connectivity index (χ4n) is 1.51. The highest BCUT2D eigenvalue weighted by atomic mass is 16.2. The van der Waals surface area contributed by atoms with E-state index >= 15 is 0 Å². The summed E-state index contributed by atoms with van der Waals surface area (Å²) in [5.41, 5.74) is -0.114. The van der Waals surface area contributed by atoms with E-state index in [1.54, 1.807) is 0 Å². The summed E-state index contributed by atoms with van der Waals surface area (Å²) < 4.78 is 0. The minimum Gasteiger partial charge on any atom is -0.299 e. The molecule has 0 atom stereocenters. The van der Waals surface area contributed by atoms with Crippen molar-refractivity contribution in [2.45, 2.75) is 25.7 Å². The van der Waals surface area contributed by atoms with Gasteiger partial charge in [-0.25, -0.2) is 0 Å². The van der Waals surface area contributed by atoms with E-state index in [2.05, 4.69) is 0 Å². The quantitative estimate of drug-likeness (QED) is 0.445. The average molecular weight is 124 g/mol. The Morgan fingerprint density at radius 3 is 2.11 bits per heavy atom. The highest BCUT2D eigenvalue weighted by Gasteiger charge is 2.54. The Morgan fingerprint density at radius 2 is 1.89 bits per heavy atom. The van der Waals surface area contributed by atoms with Crippen LogP contribution in [0.5, 0.6) is 0 Å². The van der Waals surface area contributed by atoms with Crippen molar-refractivity contribution in [3.8, 4) is 0 Å². The van der Waals surface area contributed by atoms with Crippen molar-refractivity contribution in [2.24, 2.45) is 5.41 Å². The van der Waals surface area contributed by atoms with Gasteiger partial charge in [0.1, 0.15) is 11.6 Å². The lowest BCUT2D eigenvalue weighted by atomic mass is 10.1. The summed E-state index contributed by atoms with van der Waals surface area (Å²) in [5.74, 6) is 0.352. The zero-order valence-corrected chi connectivity index (χ0v) is 5.14. The average Bonchev–Trinajstić information content (AvgIpc) is 2.42. The normalized spacial score (nSPS) is 29.8. The molecule has 0 bridgehead atoms. The second kappa shape index (κ2) is 1.25. The fourth-order valence-corrected chi connectivity index (χ4v) is 1.51. The van der Waals surface area contributed by atoms with Gasteiger partial charge in [-0.05, 0) is 12.8 Å². The maximum atomic E-state index is 10.9. The Kier molecular flexibility index (Phi) is 0.718. The molecular formula is C7H8O2. The number of carbonyl (C=O) groups excluding carboxylic acids is 2. The van der Waals surface area contributed by atoms with Gasteiger partial charge < -0.3 is 0 Å². The van der Waals surface area contributed by atoms with Crippen LogP contribution in [0.2, 0.25) is 0 Å². The molecule has 0 saturated heterocycles. The van der Waals surface area contributed by atoms with E-state index in [-0.39, 0.29) is 23.4 Å². The molecule has 0 aliphatic heterocycles. The summed E-state index contributed by atoms with van der Waals surface area (Å²) in [7, 11) is 0. The van der Waals surface area contributed by atoms with E-state index in [4.69, 9.17) is 0 Å². The molecule has 0 radical (unpaired) electrons. The summed E-state index contributed by atoms with van der Waals surface area (Å²) in [6.45, 7) is 0. The van der Waals surface area contributed by atoms with Crippen LogP contribution in [0.15, 0.2) is 0 Å². The van der Waals surface area contributed by atoms with Crippen LogP contribution in [0, 0.1) is 5.41 Å². The Bertz CT molecular complexity index is 189. The molecule has 0 N–H and O–H groups in total. The first kappa shape index (κ1) is 5.15. The molecule has 0 heterocycles. The van der Waals surface area contributed by atoms with Gasteiger partial charge in [0.15, 0.2) is 0 Å². The summed E-state index contributed by atoms with van der Waals surface area (Å²) in [6, 6.07) is 0. The van der Waals surface area contributed by atoms with Crippen LogP contribution in [-0.2, 0) is 9.59 Å². The lowest BCUT2D eigenvalue weighted by Crippen LogP contribution is -2.04. The molecular weight excluding hydrogens is 116 g/mol. The Morgan fingerprint density at radius 1 is 1.22 bits per heavy atom. The van der Waals surface area contributed by atoms with Crippen LogP contribution < -0.4 is 0 Å². The van der Waals surface area contributed by atoms with Crippen LogP contribution in [0.1, 0.15) is 25.7 Å². The molecule has 0 aromatic rings. The van der Waals surface area contributed by atoms with E-state index in [1.807, 2.05) is 0 Å². The predicted molar refractivity (Wildman–Crippen MR) is 30.9 cm³/mol. The molecule has 2 aliphatic rings.